The van der Waals surface area contributed by atoms with Crippen LogP contribution in [0.25, 0.3) is 0 Å². The van der Waals surface area contributed by atoms with Crippen LogP contribution in [-0.4, -0.2) is 67.3 Å². The Hall–Kier alpha value is 0.640. The van der Waals surface area contributed by atoms with Crippen molar-refractivity contribution < 1.29 is 19.8 Å². The first-order valence-electron chi connectivity index (χ1n) is 15.2. The molecule has 0 radical (unpaired) electrons. The van der Waals surface area contributed by atoms with Gasteiger partial charge in [-0.2, -0.15) is 0 Å². The van der Waals surface area contributed by atoms with Crippen molar-refractivity contribution in [2.45, 2.75) is 166 Å². The zero-order chi connectivity index (χ0) is 26.7. The molecule has 4 nitrogen and oxygen atoms in total. The number of unbranched alkanes of at least 4 members (excludes halogenated alkanes) is 20. The molecule has 0 aliphatic heterocycles. The van der Waals surface area contributed by atoms with E-state index in [1.165, 1.54) is 139 Å². The van der Waals surface area contributed by atoms with Gasteiger partial charge in [0.05, 0.1) is 6.42 Å². The van der Waals surface area contributed by atoms with Gasteiger partial charge < -0.3 is 10.2 Å². The third-order valence-electron chi connectivity index (χ3n) is 6.88. The molecular formula is C30H59NaO4S2. The molecule has 0 fully saturated rings. The average Bonchev–Trinajstić information content (AvgIpc) is 2.84. The van der Waals surface area contributed by atoms with Crippen LogP contribution in [0.5, 0.6) is 0 Å². The maximum atomic E-state index is 12.1. The van der Waals surface area contributed by atoms with Crippen molar-refractivity contribution in [2.75, 3.05) is 11.5 Å². The molecule has 0 unspecified atom stereocenters. The quantitative estimate of drug-likeness (QED) is 0.0530. The van der Waals surface area contributed by atoms with E-state index >= 15 is 0 Å². The van der Waals surface area contributed by atoms with Gasteiger partial charge in [-0.15, -0.1) is 23.5 Å². The van der Waals surface area contributed by atoms with E-state index in [-0.39, 0.29) is 36.0 Å². The van der Waals surface area contributed by atoms with Gasteiger partial charge in [-0.3, -0.25) is 4.79 Å². The molecule has 0 aliphatic rings. The Kier molecular flexibility index (Phi) is 31.8. The summed E-state index contributed by atoms with van der Waals surface area (Å²) in [5.41, 5.74) is 0. The monoisotopic (exact) mass is 570 g/mol. The van der Waals surface area contributed by atoms with Crippen molar-refractivity contribution in [2.24, 2.45) is 0 Å². The number of carboxylic acids is 2. The van der Waals surface area contributed by atoms with Crippen LogP contribution >= 0.6 is 23.5 Å². The topological polar surface area (TPSA) is 74.6 Å². The van der Waals surface area contributed by atoms with Crippen molar-refractivity contribution in [1.82, 2.24) is 0 Å². The van der Waals surface area contributed by atoms with Crippen LogP contribution in [0.2, 0.25) is 0 Å². The van der Waals surface area contributed by atoms with Crippen molar-refractivity contribution in [3.8, 4) is 0 Å². The average molecular weight is 571 g/mol. The molecule has 0 amide bonds. The normalized spacial score (nSPS) is 11.4. The molecule has 37 heavy (non-hydrogen) atoms. The van der Waals surface area contributed by atoms with Gasteiger partial charge in [-0.05, 0) is 24.3 Å². The first kappa shape index (κ1) is 39.8. The molecular weight excluding hydrogens is 511 g/mol. The van der Waals surface area contributed by atoms with Crippen molar-refractivity contribution in [1.29, 1.82) is 0 Å². The summed E-state index contributed by atoms with van der Waals surface area (Å²) in [6, 6.07) is 0. The summed E-state index contributed by atoms with van der Waals surface area (Å²) in [4.78, 5) is 23.6. The molecule has 0 aliphatic carbocycles. The van der Waals surface area contributed by atoms with Gasteiger partial charge in [0.1, 0.15) is 0 Å². The molecule has 0 rings (SSSR count). The maximum absolute atomic E-state index is 12.1. The number of carboxylic acid groups (broad SMARTS) is 2. The molecule has 0 spiro atoms. The van der Waals surface area contributed by atoms with E-state index in [2.05, 4.69) is 13.8 Å². The van der Waals surface area contributed by atoms with Crippen LogP contribution in [-0.2, 0) is 9.59 Å². The molecule has 0 atom stereocenters. The standard InChI is InChI=1S/C30H58O4S2.Na.H/c1-3-5-7-9-11-13-15-17-19-21-23-25-35-30(29(33)34,27-28(31)32)36-26-24-22-20-18-16-14-12-10-8-6-4-2;;/h3-27H2,1-2H3,(H,31,32)(H,33,34);;. The van der Waals surface area contributed by atoms with Gasteiger partial charge in [0.2, 0.25) is 0 Å². The molecule has 2 N–H and O–H groups in total. The summed E-state index contributed by atoms with van der Waals surface area (Å²) in [5.74, 6) is -0.551. The van der Waals surface area contributed by atoms with Crippen LogP contribution in [0.1, 0.15) is 162 Å². The van der Waals surface area contributed by atoms with Crippen molar-refractivity contribution in [3.05, 3.63) is 0 Å². The van der Waals surface area contributed by atoms with Crippen LogP contribution in [0.15, 0.2) is 0 Å². The fourth-order valence-electron chi connectivity index (χ4n) is 4.55. The minimum absolute atomic E-state index is 0. The van der Waals surface area contributed by atoms with Gasteiger partial charge in [-0.1, -0.05) is 142 Å². The molecule has 0 aromatic heterocycles. The van der Waals surface area contributed by atoms with Crippen molar-refractivity contribution >= 4 is 65.0 Å². The van der Waals surface area contributed by atoms with Gasteiger partial charge in [-0.25, -0.2) is 4.79 Å². The summed E-state index contributed by atoms with van der Waals surface area (Å²) < 4.78 is -1.25. The number of hydrogen-bond donors (Lipinski definition) is 2. The van der Waals surface area contributed by atoms with Crippen molar-refractivity contribution in [3.63, 3.8) is 0 Å². The summed E-state index contributed by atoms with van der Waals surface area (Å²) in [7, 11) is 0. The Morgan fingerprint density at radius 2 is 0.784 bits per heavy atom. The summed E-state index contributed by atoms with van der Waals surface area (Å²) in [6.45, 7) is 4.50. The molecule has 7 heteroatoms. The fourth-order valence-corrected chi connectivity index (χ4v) is 7.44. The predicted octanol–water partition coefficient (Wildman–Crippen LogP) is 9.68. The molecule has 216 valence electrons. The van der Waals surface area contributed by atoms with E-state index in [9.17, 15) is 19.8 Å². The Balaban J connectivity index is 0. The number of rotatable bonds is 29. The van der Waals surface area contributed by atoms with E-state index in [1.54, 1.807) is 0 Å². The number of hydrogen-bond acceptors (Lipinski definition) is 4. The van der Waals surface area contributed by atoms with Gasteiger partial charge in [0, 0.05) is 0 Å². The summed E-state index contributed by atoms with van der Waals surface area (Å²) >= 11 is 2.70. The second kappa shape index (κ2) is 29.6. The Bertz CT molecular complexity index is 492. The predicted molar refractivity (Wildman–Crippen MR) is 168 cm³/mol. The number of thioether (sulfide) groups is 2. The minimum atomic E-state index is -1.25. The zero-order valence-electron chi connectivity index (χ0n) is 23.7. The van der Waals surface area contributed by atoms with Gasteiger partial charge in [0.15, 0.2) is 4.08 Å². The number of carbonyl (C=O) groups is 2. The molecule has 0 saturated heterocycles. The van der Waals surface area contributed by atoms with Gasteiger partial charge >= 0.3 is 41.5 Å². The first-order valence-corrected chi connectivity index (χ1v) is 17.2. The third kappa shape index (κ3) is 25.4. The third-order valence-corrected chi connectivity index (χ3v) is 10.1. The van der Waals surface area contributed by atoms with E-state index in [0.717, 1.165) is 37.2 Å². The Labute approximate surface area is 260 Å². The van der Waals surface area contributed by atoms with E-state index in [1.807, 2.05) is 0 Å². The molecule has 0 aromatic carbocycles. The summed E-state index contributed by atoms with van der Waals surface area (Å²) in [5, 5.41) is 19.3. The Morgan fingerprint density at radius 3 is 1.03 bits per heavy atom. The fraction of sp³-hybridized carbons (Fsp3) is 0.933. The summed E-state index contributed by atoms with van der Waals surface area (Å²) in [6.07, 6.45) is 27.5. The Morgan fingerprint density at radius 1 is 0.514 bits per heavy atom. The van der Waals surface area contributed by atoms with Crippen LogP contribution in [0.4, 0.5) is 0 Å². The van der Waals surface area contributed by atoms with Gasteiger partial charge in [0.25, 0.3) is 0 Å². The molecule has 0 saturated carbocycles. The molecule has 0 aromatic rings. The van der Waals surface area contributed by atoms with Crippen LogP contribution < -0.4 is 0 Å². The SMILES string of the molecule is CCCCCCCCCCCCCSC(CC(=O)O)(SCCCCCCCCCCCCC)C(=O)O.[NaH]. The first-order chi connectivity index (χ1) is 17.5. The second-order valence-corrected chi connectivity index (χ2v) is 13.4. The van der Waals surface area contributed by atoms with E-state index in [0.29, 0.717) is 0 Å². The number of aliphatic carboxylic acids is 2. The second-order valence-electron chi connectivity index (χ2n) is 10.4. The van der Waals surface area contributed by atoms with E-state index in [4.69, 9.17) is 0 Å². The zero-order valence-corrected chi connectivity index (χ0v) is 25.3. The van der Waals surface area contributed by atoms with Crippen LogP contribution in [0.3, 0.4) is 0 Å². The van der Waals surface area contributed by atoms with E-state index < -0.39 is 16.0 Å². The molecule has 0 bridgehead atoms. The van der Waals surface area contributed by atoms with Crippen LogP contribution in [0, 0.1) is 0 Å². The molecule has 0 heterocycles.